The molecule has 0 saturated heterocycles. The van der Waals surface area contributed by atoms with Crippen LogP contribution in [-0.4, -0.2) is 12.0 Å². The van der Waals surface area contributed by atoms with Crippen LogP contribution in [0.25, 0.3) is 0 Å². The summed E-state index contributed by atoms with van der Waals surface area (Å²) in [6.07, 6.45) is 0. The molecule has 3 N–H and O–H groups in total. The van der Waals surface area contributed by atoms with Gasteiger partial charge in [0.2, 0.25) is 0 Å². The van der Waals surface area contributed by atoms with Crippen LogP contribution in [0.3, 0.4) is 0 Å². The zero-order valence-corrected chi connectivity index (χ0v) is 6.89. The van der Waals surface area contributed by atoms with Crippen LogP contribution in [0, 0.1) is 6.92 Å². The molecule has 1 aromatic rings. The van der Waals surface area contributed by atoms with Crippen molar-refractivity contribution in [3.05, 3.63) is 23.5 Å². The van der Waals surface area contributed by atoms with Gasteiger partial charge in [-0.05, 0) is 19.1 Å². The first-order valence-corrected chi connectivity index (χ1v) is 3.62. The molecule has 1 heterocycles. The van der Waals surface area contributed by atoms with Gasteiger partial charge in [-0.25, -0.2) is 0 Å². The Morgan fingerprint density at radius 3 is 2.73 bits per heavy atom. The van der Waals surface area contributed by atoms with Crippen molar-refractivity contribution in [1.29, 1.82) is 0 Å². The van der Waals surface area contributed by atoms with E-state index in [1.54, 1.807) is 0 Å². The van der Waals surface area contributed by atoms with Gasteiger partial charge < -0.3 is 11.1 Å². The van der Waals surface area contributed by atoms with Gasteiger partial charge in [-0.15, -0.1) is 0 Å². The standard InChI is InChI=1S/C8H13N3/c1-6-8(10-2)4-3-7(5-9)11-6/h3-4,10H,5,9H2,1-2H3. The highest BCUT2D eigenvalue weighted by atomic mass is 14.9. The van der Waals surface area contributed by atoms with Crippen molar-refractivity contribution < 1.29 is 0 Å². The first-order valence-electron chi connectivity index (χ1n) is 3.62. The Morgan fingerprint density at radius 2 is 2.27 bits per heavy atom. The SMILES string of the molecule is CNc1ccc(CN)nc1C. The largest absolute Gasteiger partial charge is 0.387 e. The highest BCUT2D eigenvalue weighted by Gasteiger charge is 1.96. The molecule has 0 aliphatic carbocycles. The molecule has 1 aromatic heterocycles. The Morgan fingerprint density at radius 1 is 1.55 bits per heavy atom. The first-order chi connectivity index (χ1) is 5.27. The van der Waals surface area contributed by atoms with E-state index < -0.39 is 0 Å². The van der Waals surface area contributed by atoms with E-state index in [0.717, 1.165) is 17.1 Å². The number of aromatic nitrogens is 1. The molecule has 3 heteroatoms. The third kappa shape index (κ3) is 1.68. The lowest BCUT2D eigenvalue weighted by atomic mass is 10.2. The van der Waals surface area contributed by atoms with Gasteiger partial charge in [0.1, 0.15) is 0 Å². The van der Waals surface area contributed by atoms with E-state index in [2.05, 4.69) is 10.3 Å². The van der Waals surface area contributed by atoms with Crippen LogP contribution >= 0.6 is 0 Å². The van der Waals surface area contributed by atoms with E-state index in [-0.39, 0.29) is 0 Å². The maximum absolute atomic E-state index is 5.43. The smallest absolute Gasteiger partial charge is 0.0607 e. The van der Waals surface area contributed by atoms with Gasteiger partial charge in [-0.2, -0.15) is 0 Å². The van der Waals surface area contributed by atoms with Crippen molar-refractivity contribution in [2.24, 2.45) is 5.73 Å². The minimum absolute atomic E-state index is 0.505. The summed E-state index contributed by atoms with van der Waals surface area (Å²) in [7, 11) is 1.88. The zero-order chi connectivity index (χ0) is 8.27. The lowest BCUT2D eigenvalue weighted by Gasteiger charge is -2.04. The van der Waals surface area contributed by atoms with Crippen LogP contribution in [-0.2, 0) is 6.54 Å². The average molecular weight is 151 g/mol. The highest BCUT2D eigenvalue weighted by Crippen LogP contribution is 2.10. The van der Waals surface area contributed by atoms with Gasteiger partial charge in [-0.3, -0.25) is 4.98 Å². The van der Waals surface area contributed by atoms with Gasteiger partial charge >= 0.3 is 0 Å². The number of rotatable bonds is 2. The Hall–Kier alpha value is -1.09. The first kappa shape index (κ1) is 8.01. The number of hydrogen-bond acceptors (Lipinski definition) is 3. The molecule has 0 aromatic carbocycles. The van der Waals surface area contributed by atoms with Crippen molar-refractivity contribution in [3.8, 4) is 0 Å². The van der Waals surface area contributed by atoms with Crippen molar-refractivity contribution in [2.45, 2.75) is 13.5 Å². The molecule has 0 aliphatic heterocycles. The topological polar surface area (TPSA) is 50.9 Å². The fraction of sp³-hybridized carbons (Fsp3) is 0.375. The number of nitrogens with zero attached hydrogens (tertiary/aromatic N) is 1. The van der Waals surface area contributed by atoms with E-state index in [0.29, 0.717) is 6.54 Å². The summed E-state index contributed by atoms with van der Waals surface area (Å²) in [6, 6.07) is 3.92. The molecular weight excluding hydrogens is 138 g/mol. The minimum atomic E-state index is 0.505. The van der Waals surface area contributed by atoms with Crippen LogP contribution in [0.1, 0.15) is 11.4 Å². The molecule has 0 aliphatic rings. The number of pyridine rings is 1. The molecular formula is C8H13N3. The third-order valence-corrected chi connectivity index (χ3v) is 1.62. The average Bonchev–Trinajstić information content (AvgIpc) is 2.04. The van der Waals surface area contributed by atoms with Crippen molar-refractivity contribution in [3.63, 3.8) is 0 Å². The second-order valence-electron chi connectivity index (χ2n) is 2.39. The molecule has 0 atom stereocenters. The summed E-state index contributed by atoms with van der Waals surface area (Å²) >= 11 is 0. The number of hydrogen-bond donors (Lipinski definition) is 2. The van der Waals surface area contributed by atoms with Gasteiger partial charge in [0.05, 0.1) is 17.1 Å². The Balaban J connectivity index is 2.99. The number of nitrogens with one attached hydrogen (secondary N) is 1. The van der Waals surface area contributed by atoms with Crippen LogP contribution in [0.15, 0.2) is 12.1 Å². The molecule has 3 nitrogen and oxygen atoms in total. The van der Waals surface area contributed by atoms with E-state index >= 15 is 0 Å². The summed E-state index contributed by atoms with van der Waals surface area (Å²) in [4.78, 5) is 4.27. The Labute approximate surface area is 66.6 Å². The van der Waals surface area contributed by atoms with Crippen molar-refractivity contribution >= 4 is 5.69 Å². The molecule has 0 fully saturated rings. The highest BCUT2D eigenvalue weighted by molar-refractivity contribution is 5.46. The molecule has 60 valence electrons. The van der Waals surface area contributed by atoms with E-state index in [1.807, 2.05) is 26.1 Å². The minimum Gasteiger partial charge on any atom is -0.387 e. The Kier molecular flexibility index (Phi) is 2.44. The molecule has 11 heavy (non-hydrogen) atoms. The van der Waals surface area contributed by atoms with Gasteiger partial charge in [0, 0.05) is 13.6 Å². The maximum atomic E-state index is 5.43. The molecule has 1 rings (SSSR count). The van der Waals surface area contributed by atoms with Gasteiger partial charge in [0.15, 0.2) is 0 Å². The summed E-state index contributed by atoms with van der Waals surface area (Å²) < 4.78 is 0. The van der Waals surface area contributed by atoms with Crippen LogP contribution < -0.4 is 11.1 Å². The monoisotopic (exact) mass is 151 g/mol. The van der Waals surface area contributed by atoms with E-state index in [9.17, 15) is 0 Å². The molecule has 0 saturated carbocycles. The van der Waals surface area contributed by atoms with Crippen molar-refractivity contribution in [2.75, 3.05) is 12.4 Å². The van der Waals surface area contributed by atoms with E-state index in [1.165, 1.54) is 0 Å². The predicted molar refractivity (Wildman–Crippen MR) is 46.4 cm³/mol. The maximum Gasteiger partial charge on any atom is 0.0607 e. The number of anilines is 1. The molecule has 0 bridgehead atoms. The number of aryl methyl sites for hydroxylation is 1. The summed E-state index contributed by atoms with van der Waals surface area (Å²) in [5.74, 6) is 0. The lowest BCUT2D eigenvalue weighted by Crippen LogP contribution is -2.02. The molecule has 0 amide bonds. The second kappa shape index (κ2) is 3.34. The van der Waals surface area contributed by atoms with Gasteiger partial charge in [0.25, 0.3) is 0 Å². The van der Waals surface area contributed by atoms with Crippen molar-refractivity contribution in [1.82, 2.24) is 4.98 Å². The molecule has 0 spiro atoms. The third-order valence-electron chi connectivity index (χ3n) is 1.62. The van der Waals surface area contributed by atoms with Gasteiger partial charge in [-0.1, -0.05) is 0 Å². The fourth-order valence-electron chi connectivity index (χ4n) is 0.991. The lowest BCUT2D eigenvalue weighted by molar-refractivity contribution is 0.970. The summed E-state index contributed by atoms with van der Waals surface area (Å²) in [5, 5.41) is 3.04. The Bertz CT molecular complexity index is 245. The normalized spacial score (nSPS) is 9.73. The summed E-state index contributed by atoms with van der Waals surface area (Å²) in [5.41, 5.74) is 8.41. The quantitative estimate of drug-likeness (QED) is 0.660. The van der Waals surface area contributed by atoms with Crippen LogP contribution in [0.2, 0.25) is 0 Å². The zero-order valence-electron chi connectivity index (χ0n) is 6.89. The van der Waals surface area contributed by atoms with E-state index in [4.69, 9.17) is 5.73 Å². The molecule has 0 unspecified atom stereocenters. The number of nitrogens with two attached hydrogens (primary N) is 1. The van der Waals surface area contributed by atoms with Crippen LogP contribution in [0.4, 0.5) is 5.69 Å². The second-order valence-corrected chi connectivity index (χ2v) is 2.39. The fourth-order valence-corrected chi connectivity index (χ4v) is 0.991. The summed E-state index contributed by atoms with van der Waals surface area (Å²) in [6.45, 7) is 2.47. The predicted octanol–water partition coefficient (Wildman–Crippen LogP) is 0.890. The van der Waals surface area contributed by atoms with Crippen LogP contribution in [0.5, 0.6) is 0 Å². The molecule has 0 radical (unpaired) electrons.